The molecule has 1 fully saturated rings. The maximum atomic E-state index is 12.3. The van der Waals surface area contributed by atoms with Crippen LogP contribution in [0.15, 0.2) is 18.2 Å². The Morgan fingerprint density at radius 2 is 2.00 bits per heavy atom. The van der Waals surface area contributed by atoms with Gasteiger partial charge in [-0.1, -0.05) is 17.7 Å². The molecule has 2 N–H and O–H groups in total. The zero-order chi connectivity index (χ0) is 15.4. The van der Waals surface area contributed by atoms with Gasteiger partial charge in [-0.15, -0.1) is 0 Å². The molecule has 116 valence electrons. The molecule has 0 spiro atoms. The summed E-state index contributed by atoms with van der Waals surface area (Å²) in [6.45, 7) is 7.56. The third-order valence-corrected chi connectivity index (χ3v) is 3.83. The minimum absolute atomic E-state index is 0.0683. The molecule has 0 aliphatic carbocycles. The number of carbonyl (C=O) groups is 1. The molecule has 1 amide bonds. The fourth-order valence-corrected chi connectivity index (χ4v) is 2.77. The Kier molecular flexibility index (Phi) is 5.23. The lowest BCUT2D eigenvalue weighted by Gasteiger charge is -2.23. The monoisotopic (exact) mass is 290 g/mol. The zero-order valence-corrected chi connectivity index (χ0v) is 13.3. The zero-order valence-electron chi connectivity index (χ0n) is 13.3. The van der Waals surface area contributed by atoms with E-state index in [-0.39, 0.29) is 11.9 Å². The summed E-state index contributed by atoms with van der Waals surface area (Å²) in [5.74, 6) is 0.859. The summed E-state index contributed by atoms with van der Waals surface area (Å²) in [4.78, 5) is 14.2. The molecular weight excluding hydrogens is 264 g/mol. The second-order valence-corrected chi connectivity index (χ2v) is 6.09. The number of benzene rings is 1. The van der Waals surface area contributed by atoms with E-state index in [0.717, 1.165) is 43.7 Å². The van der Waals surface area contributed by atoms with Crippen LogP contribution in [-0.4, -0.2) is 36.0 Å². The molecule has 0 saturated carbocycles. The van der Waals surface area contributed by atoms with E-state index in [1.54, 1.807) is 0 Å². The number of amides is 1. The largest absolute Gasteiger partial charge is 0.481 e. The predicted molar refractivity (Wildman–Crippen MR) is 84.4 cm³/mol. The average Bonchev–Trinajstić information content (AvgIpc) is 2.94. The highest BCUT2D eigenvalue weighted by atomic mass is 16.5. The summed E-state index contributed by atoms with van der Waals surface area (Å²) in [5, 5.41) is 0. The van der Waals surface area contributed by atoms with Crippen molar-refractivity contribution >= 4 is 5.91 Å². The quantitative estimate of drug-likeness (QED) is 0.905. The molecule has 1 aliphatic rings. The van der Waals surface area contributed by atoms with E-state index in [1.165, 1.54) is 5.56 Å². The van der Waals surface area contributed by atoms with Gasteiger partial charge in [0, 0.05) is 19.1 Å². The molecule has 0 aromatic heterocycles. The number of likely N-dealkylation sites (tertiary alicyclic amines) is 1. The second kappa shape index (κ2) is 6.94. The van der Waals surface area contributed by atoms with Gasteiger partial charge in [-0.3, -0.25) is 4.79 Å². The van der Waals surface area contributed by atoms with Crippen LogP contribution in [0, 0.1) is 6.92 Å². The molecular formula is C17H26N2O2. The van der Waals surface area contributed by atoms with Gasteiger partial charge in [-0.25, -0.2) is 0 Å². The Morgan fingerprint density at radius 1 is 1.33 bits per heavy atom. The van der Waals surface area contributed by atoms with E-state index in [0.29, 0.717) is 0 Å². The molecule has 2 rings (SSSR count). The van der Waals surface area contributed by atoms with Crippen molar-refractivity contribution in [2.24, 2.45) is 5.73 Å². The van der Waals surface area contributed by atoms with Gasteiger partial charge < -0.3 is 15.4 Å². The number of hydrogen-bond donors (Lipinski definition) is 1. The van der Waals surface area contributed by atoms with E-state index in [2.05, 4.69) is 6.07 Å². The topological polar surface area (TPSA) is 55.6 Å². The van der Waals surface area contributed by atoms with Gasteiger partial charge in [0.2, 0.25) is 0 Å². The van der Waals surface area contributed by atoms with E-state index < -0.39 is 6.10 Å². The fourth-order valence-electron chi connectivity index (χ4n) is 2.77. The first-order chi connectivity index (χ1) is 9.97. The Bertz CT molecular complexity index is 494. The highest BCUT2D eigenvalue weighted by molar-refractivity contribution is 5.81. The number of aryl methyl sites for hydroxylation is 1. The summed E-state index contributed by atoms with van der Waals surface area (Å²) < 4.78 is 5.93. The molecule has 1 saturated heterocycles. The van der Waals surface area contributed by atoms with Crippen LogP contribution in [0.5, 0.6) is 5.75 Å². The van der Waals surface area contributed by atoms with E-state index >= 15 is 0 Å². The van der Waals surface area contributed by atoms with Crippen molar-refractivity contribution in [3.05, 3.63) is 29.3 Å². The van der Waals surface area contributed by atoms with Gasteiger partial charge in [0.15, 0.2) is 6.10 Å². The van der Waals surface area contributed by atoms with Gasteiger partial charge in [0.25, 0.3) is 5.91 Å². The van der Waals surface area contributed by atoms with E-state index in [9.17, 15) is 4.79 Å². The molecule has 1 aromatic rings. The Morgan fingerprint density at radius 3 is 2.62 bits per heavy atom. The fraction of sp³-hybridized carbons (Fsp3) is 0.588. The van der Waals surface area contributed by atoms with Crippen molar-refractivity contribution in [1.82, 2.24) is 4.90 Å². The number of carbonyl (C=O) groups excluding carboxylic acids is 1. The highest BCUT2D eigenvalue weighted by Crippen LogP contribution is 2.23. The molecule has 0 bridgehead atoms. The smallest absolute Gasteiger partial charge is 0.263 e. The third kappa shape index (κ3) is 4.21. The van der Waals surface area contributed by atoms with Crippen LogP contribution in [0.2, 0.25) is 0 Å². The lowest BCUT2D eigenvalue weighted by Crippen LogP contribution is -2.38. The Hall–Kier alpha value is -1.55. The van der Waals surface area contributed by atoms with Crippen LogP contribution >= 0.6 is 0 Å². The number of nitrogens with zero attached hydrogens (tertiary/aromatic N) is 1. The minimum Gasteiger partial charge on any atom is -0.481 e. The number of rotatable bonds is 5. The maximum absolute atomic E-state index is 12.3. The first kappa shape index (κ1) is 15.8. The molecule has 1 aromatic carbocycles. The SMILES string of the molecule is Cc1ccc(OC(C)C(=O)N2CCCC2)c(CC(C)N)c1. The van der Waals surface area contributed by atoms with Crippen LogP contribution in [0.3, 0.4) is 0 Å². The van der Waals surface area contributed by atoms with Crippen molar-refractivity contribution in [2.75, 3.05) is 13.1 Å². The predicted octanol–water partition coefficient (Wildman–Crippen LogP) is 2.27. The first-order valence-corrected chi connectivity index (χ1v) is 7.78. The van der Waals surface area contributed by atoms with Crippen LogP contribution in [0.25, 0.3) is 0 Å². The molecule has 4 heteroatoms. The average molecular weight is 290 g/mol. The summed E-state index contributed by atoms with van der Waals surface area (Å²) in [7, 11) is 0. The molecule has 1 heterocycles. The van der Waals surface area contributed by atoms with Gasteiger partial charge >= 0.3 is 0 Å². The summed E-state index contributed by atoms with van der Waals surface area (Å²) in [6, 6.07) is 6.11. The molecule has 1 aliphatic heterocycles. The number of nitrogens with two attached hydrogens (primary N) is 1. The van der Waals surface area contributed by atoms with E-state index in [1.807, 2.05) is 37.8 Å². The van der Waals surface area contributed by atoms with Gasteiger partial charge in [0.1, 0.15) is 5.75 Å². The molecule has 2 atom stereocenters. The van der Waals surface area contributed by atoms with Crippen LogP contribution in [-0.2, 0) is 11.2 Å². The van der Waals surface area contributed by atoms with Crippen molar-refractivity contribution in [3.63, 3.8) is 0 Å². The van der Waals surface area contributed by atoms with Gasteiger partial charge in [0.05, 0.1) is 0 Å². The minimum atomic E-state index is -0.447. The normalized spacial score (nSPS) is 17.6. The highest BCUT2D eigenvalue weighted by Gasteiger charge is 2.25. The summed E-state index contributed by atoms with van der Waals surface area (Å²) in [6.07, 6.45) is 2.50. The molecule has 2 unspecified atom stereocenters. The van der Waals surface area contributed by atoms with Crippen LogP contribution in [0.4, 0.5) is 0 Å². The van der Waals surface area contributed by atoms with Crippen LogP contribution in [0.1, 0.15) is 37.8 Å². The lowest BCUT2D eigenvalue weighted by atomic mass is 10.0. The van der Waals surface area contributed by atoms with Crippen molar-refractivity contribution in [3.8, 4) is 5.75 Å². The molecule has 4 nitrogen and oxygen atoms in total. The van der Waals surface area contributed by atoms with E-state index in [4.69, 9.17) is 10.5 Å². The second-order valence-electron chi connectivity index (χ2n) is 6.09. The Labute approximate surface area is 127 Å². The Balaban J connectivity index is 2.08. The van der Waals surface area contributed by atoms with Crippen molar-refractivity contribution in [1.29, 1.82) is 0 Å². The summed E-state index contributed by atoms with van der Waals surface area (Å²) in [5.41, 5.74) is 8.16. The summed E-state index contributed by atoms with van der Waals surface area (Å²) >= 11 is 0. The molecule has 21 heavy (non-hydrogen) atoms. The molecule has 0 radical (unpaired) electrons. The third-order valence-electron chi connectivity index (χ3n) is 3.83. The lowest BCUT2D eigenvalue weighted by molar-refractivity contribution is -0.136. The number of ether oxygens (including phenoxy) is 1. The first-order valence-electron chi connectivity index (χ1n) is 7.78. The van der Waals surface area contributed by atoms with Crippen molar-refractivity contribution < 1.29 is 9.53 Å². The maximum Gasteiger partial charge on any atom is 0.263 e. The standard InChI is InChI=1S/C17H26N2O2/c1-12-6-7-16(15(10-12)11-13(2)18)21-14(3)17(20)19-8-4-5-9-19/h6-7,10,13-14H,4-5,8-9,11,18H2,1-3H3. The van der Waals surface area contributed by atoms with Crippen molar-refractivity contribution in [2.45, 2.75) is 52.2 Å². The number of hydrogen-bond acceptors (Lipinski definition) is 3. The van der Waals surface area contributed by atoms with Gasteiger partial charge in [-0.05, 0) is 51.7 Å². The van der Waals surface area contributed by atoms with Gasteiger partial charge in [-0.2, -0.15) is 0 Å². The van der Waals surface area contributed by atoms with Crippen LogP contribution < -0.4 is 10.5 Å².